The summed E-state index contributed by atoms with van der Waals surface area (Å²) < 4.78 is 0. The highest BCUT2D eigenvalue weighted by Gasteiger charge is 2.24. The third-order valence-electron chi connectivity index (χ3n) is 4.24. The largest absolute Gasteiger partial charge is 0.359 e. The summed E-state index contributed by atoms with van der Waals surface area (Å²) >= 11 is 1.63. The number of nitrogens with one attached hydrogen (secondary N) is 2. The molecule has 5 nitrogen and oxygen atoms in total. The normalized spacial score (nSPS) is 16.1. The van der Waals surface area contributed by atoms with Gasteiger partial charge in [-0.15, -0.1) is 11.8 Å². The van der Waals surface area contributed by atoms with Crippen LogP contribution in [-0.4, -0.2) is 49.7 Å². The molecule has 1 aromatic carbocycles. The number of anilines is 1. The second-order valence-corrected chi connectivity index (χ2v) is 6.58. The molecule has 1 aliphatic rings. The molecular formula is C17H25N3O2S. The molecule has 2 amide bonds. The van der Waals surface area contributed by atoms with E-state index in [0.29, 0.717) is 6.42 Å². The zero-order chi connectivity index (χ0) is 16.7. The van der Waals surface area contributed by atoms with Gasteiger partial charge in [-0.25, -0.2) is 0 Å². The summed E-state index contributed by atoms with van der Waals surface area (Å²) in [5.41, 5.74) is 0.878. The maximum Gasteiger partial charge on any atom is 0.225 e. The number of thioether (sulfide) groups is 1. The maximum absolute atomic E-state index is 12.1. The Kier molecular flexibility index (Phi) is 6.92. The van der Waals surface area contributed by atoms with Gasteiger partial charge in [0.2, 0.25) is 11.8 Å². The molecular weight excluding hydrogens is 310 g/mol. The summed E-state index contributed by atoms with van der Waals surface area (Å²) in [4.78, 5) is 27.1. The number of carbonyl (C=O) groups excluding carboxylic acids is 2. The van der Waals surface area contributed by atoms with Crippen LogP contribution in [0.5, 0.6) is 0 Å². The van der Waals surface area contributed by atoms with Crippen LogP contribution in [0, 0.1) is 5.92 Å². The Hall–Kier alpha value is -1.53. The summed E-state index contributed by atoms with van der Waals surface area (Å²) in [6, 6.07) is 7.83. The molecule has 0 radical (unpaired) electrons. The molecule has 1 heterocycles. The summed E-state index contributed by atoms with van der Waals surface area (Å²) in [7, 11) is 1.69. The quantitative estimate of drug-likeness (QED) is 0.783. The molecule has 23 heavy (non-hydrogen) atoms. The smallest absolute Gasteiger partial charge is 0.225 e. The lowest BCUT2D eigenvalue weighted by Crippen LogP contribution is -2.40. The molecule has 2 N–H and O–H groups in total. The van der Waals surface area contributed by atoms with Gasteiger partial charge in [-0.1, -0.05) is 12.1 Å². The SMILES string of the molecule is CNC(=O)C1CCN(CCC(=O)Nc2ccccc2SC)CC1. The number of amides is 2. The maximum atomic E-state index is 12.1. The zero-order valence-electron chi connectivity index (χ0n) is 13.8. The van der Waals surface area contributed by atoms with E-state index in [1.807, 2.05) is 30.5 Å². The molecule has 0 saturated carbocycles. The number of nitrogens with zero attached hydrogens (tertiary/aromatic N) is 1. The lowest BCUT2D eigenvalue weighted by molar-refractivity contribution is -0.126. The van der Waals surface area contributed by atoms with E-state index in [4.69, 9.17) is 0 Å². The number of piperidine rings is 1. The number of rotatable bonds is 6. The average molecular weight is 335 g/mol. The van der Waals surface area contributed by atoms with Crippen LogP contribution in [0.4, 0.5) is 5.69 Å². The Balaban J connectivity index is 1.74. The number of benzene rings is 1. The Morgan fingerprint density at radius 3 is 2.61 bits per heavy atom. The molecule has 0 aromatic heterocycles. The highest BCUT2D eigenvalue weighted by Crippen LogP contribution is 2.24. The van der Waals surface area contributed by atoms with Crippen LogP contribution >= 0.6 is 11.8 Å². The number of carbonyl (C=O) groups is 2. The van der Waals surface area contributed by atoms with E-state index in [0.717, 1.165) is 43.1 Å². The van der Waals surface area contributed by atoms with Gasteiger partial charge in [0.15, 0.2) is 0 Å². The second-order valence-electron chi connectivity index (χ2n) is 5.73. The van der Waals surface area contributed by atoms with Gasteiger partial charge in [0.05, 0.1) is 5.69 Å². The fourth-order valence-corrected chi connectivity index (χ4v) is 3.40. The third-order valence-corrected chi connectivity index (χ3v) is 5.04. The molecule has 1 fully saturated rings. The van der Waals surface area contributed by atoms with Crippen LogP contribution in [0.15, 0.2) is 29.2 Å². The van der Waals surface area contributed by atoms with Gasteiger partial charge < -0.3 is 15.5 Å². The summed E-state index contributed by atoms with van der Waals surface area (Å²) in [5.74, 6) is 0.300. The molecule has 0 unspecified atom stereocenters. The number of hydrogen-bond acceptors (Lipinski definition) is 4. The van der Waals surface area contributed by atoms with Gasteiger partial charge in [-0.3, -0.25) is 9.59 Å². The van der Waals surface area contributed by atoms with E-state index in [2.05, 4.69) is 15.5 Å². The predicted molar refractivity (Wildman–Crippen MR) is 94.7 cm³/mol. The van der Waals surface area contributed by atoms with E-state index in [1.165, 1.54) is 0 Å². The topological polar surface area (TPSA) is 61.4 Å². The summed E-state index contributed by atoms with van der Waals surface area (Å²) in [5, 5.41) is 5.70. The van der Waals surface area contributed by atoms with Crippen LogP contribution in [0.1, 0.15) is 19.3 Å². The van der Waals surface area contributed by atoms with Crippen LogP contribution in [-0.2, 0) is 9.59 Å². The monoisotopic (exact) mass is 335 g/mol. The molecule has 0 atom stereocenters. The van der Waals surface area contributed by atoms with Crippen molar-refractivity contribution in [3.63, 3.8) is 0 Å². The van der Waals surface area contributed by atoms with Crippen LogP contribution in [0.25, 0.3) is 0 Å². The number of para-hydroxylation sites is 1. The third kappa shape index (κ3) is 5.25. The van der Waals surface area contributed by atoms with Crippen molar-refractivity contribution < 1.29 is 9.59 Å². The van der Waals surface area contributed by atoms with E-state index in [9.17, 15) is 9.59 Å². The van der Waals surface area contributed by atoms with Crippen molar-refractivity contribution in [3.8, 4) is 0 Å². The van der Waals surface area contributed by atoms with Crippen LogP contribution in [0.2, 0.25) is 0 Å². The summed E-state index contributed by atoms with van der Waals surface area (Å²) in [6.07, 6.45) is 4.22. The van der Waals surface area contributed by atoms with Crippen molar-refractivity contribution in [1.29, 1.82) is 0 Å². The van der Waals surface area contributed by atoms with Gasteiger partial charge in [0, 0.05) is 30.8 Å². The molecule has 126 valence electrons. The molecule has 0 aliphatic carbocycles. The van der Waals surface area contributed by atoms with Gasteiger partial charge >= 0.3 is 0 Å². The minimum Gasteiger partial charge on any atom is -0.359 e. The first kappa shape index (κ1) is 17.8. The van der Waals surface area contributed by atoms with Crippen molar-refractivity contribution in [2.75, 3.05) is 38.3 Å². The van der Waals surface area contributed by atoms with E-state index in [-0.39, 0.29) is 17.7 Å². The standard InChI is InChI=1S/C17H25N3O2S/c1-18-17(22)13-7-10-20(11-8-13)12-9-16(21)19-14-5-3-4-6-15(14)23-2/h3-6,13H,7-12H2,1-2H3,(H,18,22)(H,19,21). The molecule has 1 aliphatic heterocycles. The van der Waals surface area contributed by atoms with Gasteiger partial charge in [0.25, 0.3) is 0 Å². The van der Waals surface area contributed by atoms with E-state index in [1.54, 1.807) is 18.8 Å². The fraction of sp³-hybridized carbons (Fsp3) is 0.529. The molecule has 2 rings (SSSR count). The van der Waals surface area contributed by atoms with Crippen molar-refractivity contribution in [2.45, 2.75) is 24.2 Å². The second kappa shape index (κ2) is 8.93. The summed E-state index contributed by atoms with van der Waals surface area (Å²) in [6.45, 7) is 2.51. The van der Waals surface area contributed by atoms with E-state index >= 15 is 0 Å². The molecule has 0 spiro atoms. The highest BCUT2D eigenvalue weighted by atomic mass is 32.2. The lowest BCUT2D eigenvalue weighted by Gasteiger charge is -2.30. The fourth-order valence-electron chi connectivity index (χ4n) is 2.84. The zero-order valence-corrected chi connectivity index (χ0v) is 14.6. The van der Waals surface area contributed by atoms with Crippen molar-refractivity contribution in [2.24, 2.45) is 5.92 Å². The highest BCUT2D eigenvalue weighted by molar-refractivity contribution is 7.98. The lowest BCUT2D eigenvalue weighted by atomic mass is 9.96. The van der Waals surface area contributed by atoms with E-state index < -0.39 is 0 Å². The Morgan fingerprint density at radius 2 is 1.96 bits per heavy atom. The Labute approximate surface area is 142 Å². The van der Waals surface area contributed by atoms with Gasteiger partial charge in [-0.2, -0.15) is 0 Å². The number of hydrogen-bond donors (Lipinski definition) is 2. The van der Waals surface area contributed by atoms with Crippen molar-refractivity contribution in [1.82, 2.24) is 10.2 Å². The van der Waals surface area contributed by atoms with Crippen LogP contribution < -0.4 is 10.6 Å². The average Bonchev–Trinajstić information content (AvgIpc) is 2.60. The van der Waals surface area contributed by atoms with Gasteiger partial charge in [-0.05, 0) is 44.3 Å². The molecule has 1 saturated heterocycles. The molecule has 0 bridgehead atoms. The predicted octanol–water partition coefficient (Wildman–Crippen LogP) is 2.20. The van der Waals surface area contributed by atoms with Crippen LogP contribution in [0.3, 0.4) is 0 Å². The van der Waals surface area contributed by atoms with Crippen molar-refractivity contribution in [3.05, 3.63) is 24.3 Å². The van der Waals surface area contributed by atoms with Gasteiger partial charge in [0.1, 0.15) is 0 Å². The first-order valence-electron chi connectivity index (χ1n) is 8.01. The molecule has 1 aromatic rings. The Morgan fingerprint density at radius 1 is 1.26 bits per heavy atom. The molecule has 6 heteroatoms. The number of likely N-dealkylation sites (tertiary alicyclic amines) is 1. The first-order chi connectivity index (χ1) is 11.1. The Bertz CT molecular complexity index is 542. The minimum atomic E-state index is 0.0416. The minimum absolute atomic E-state index is 0.0416. The first-order valence-corrected chi connectivity index (χ1v) is 9.23. The van der Waals surface area contributed by atoms with Crippen molar-refractivity contribution >= 4 is 29.3 Å².